The molecule has 2 aromatic heterocycles. The number of halogens is 1. The zero-order valence-corrected chi connectivity index (χ0v) is 19.0. The largest absolute Gasteiger partial charge is 0.352 e. The summed E-state index contributed by atoms with van der Waals surface area (Å²) in [6, 6.07) is 14.7. The number of nitrogens with one attached hydrogen (secondary N) is 2. The molecule has 1 saturated heterocycles. The molecule has 0 radical (unpaired) electrons. The smallest absolute Gasteiger partial charge is 0.191 e. The van der Waals surface area contributed by atoms with Gasteiger partial charge in [-0.3, -0.25) is 14.3 Å². The Morgan fingerprint density at radius 2 is 1.69 bits per heavy atom. The molecule has 1 aliphatic heterocycles. The summed E-state index contributed by atoms with van der Waals surface area (Å²) in [6.45, 7) is 4.80. The van der Waals surface area contributed by atoms with Gasteiger partial charge < -0.3 is 10.6 Å². The van der Waals surface area contributed by atoms with Crippen molar-refractivity contribution in [2.45, 2.75) is 32.5 Å². The number of likely N-dealkylation sites (tertiary alicyclic amines) is 1. The molecule has 0 unspecified atom stereocenters. The molecule has 0 aliphatic carbocycles. The van der Waals surface area contributed by atoms with Gasteiger partial charge in [0.1, 0.15) is 0 Å². The van der Waals surface area contributed by atoms with Crippen molar-refractivity contribution in [2.75, 3.05) is 20.1 Å². The highest BCUT2D eigenvalue weighted by Gasteiger charge is 2.11. The van der Waals surface area contributed by atoms with Crippen LogP contribution in [-0.4, -0.2) is 45.6 Å². The molecule has 29 heavy (non-hydrogen) atoms. The van der Waals surface area contributed by atoms with Crippen LogP contribution in [0.5, 0.6) is 0 Å². The van der Waals surface area contributed by atoms with Crippen molar-refractivity contribution in [2.24, 2.45) is 4.99 Å². The normalized spacial score (nSPS) is 14.7. The van der Waals surface area contributed by atoms with E-state index < -0.39 is 0 Å². The monoisotopic (exact) mass is 505 g/mol. The molecule has 8 heteroatoms. The van der Waals surface area contributed by atoms with E-state index in [1.807, 2.05) is 28.8 Å². The van der Waals surface area contributed by atoms with E-state index in [2.05, 4.69) is 55.0 Å². The maximum atomic E-state index is 4.30. The predicted molar refractivity (Wildman–Crippen MR) is 126 cm³/mol. The number of pyridine rings is 1. The number of benzene rings is 1. The highest BCUT2D eigenvalue weighted by atomic mass is 127. The van der Waals surface area contributed by atoms with Gasteiger partial charge in [-0.25, -0.2) is 0 Å². The second-order valence-corrected chi connectivity index (χ2v) is 7.12. The van der Waals surface area contributed by atoms with Gasteiger partial charge in [0.2, 0.25) is 0 Å². The third-order valence-electron chi connectivity index (χ3n) is 5.11. The SMILES string of the molecule is CN=C(NCc1ccc(CN2CCCC2)cc1)NCc1nnc2ccccn12.I. The first-order valence-electron chi connectivity index (χ1n) is 9.85. The maximum absolute atomic E-state index is 4.30. The van der Waals surface area contributed by atoms with Crippen molar-refractivity contribution in [3.05, 3.63) is 65.6 Å². The van der Waals surface area contributed by atoms with Crippen molar-refractivity contribution in [3.63, 3.8) is 0 Å². The predicted octanol–water partition coefficient (Wildman–Crippen LogP) is 2.81. The van der Waals surface area contributed by atoms with Crippen LogP contribution < -0.4 is 10.6 Å². The van der Waals surface area contributed by atoms with Gasteiger partial charge >= 0.3 is 0 Å². The molecule has 7 nitrogen and oxygen atoms in total. The van der Waals surface area contributed by atoms with E-state index in [-0.39, 0.29) is 24.0 Å². The zero-order chi connectivity index (χ0) is 19.2. The molecule has 1 aromatic carbocycles. The molecule has 0 bridgehead atoms. The van der Waals surface area contributed by atoms with Crippen LogP contribution in [0.2, 0.25) is 0 Å². The lowest BCUT2D eigenvalue weighted by molar-refractivity contribution is 0.331. The van der Waals surface area contributed by atoms with Gasteiger partial charge in [0, 0.05) is 26.3 Å². The van der Waals surface area contributed by atoms with Crippen molar-refractivity contribution in [1.29, 1.82) is 0 Å². The Kier molecular flexibility index (Phi) is 7.82. The summed E-state index contributed by atoms with van der Waals surface area (Å²) in [6.07, 6.45) is 4.63. The number of rotatable bonds is 6. The summed E-state index contributed by atoms with van der Waals surface area (Å²) in [4.78, 5) is 6.82. The second-order valence-electron chi connectivity index (χ2n) is 7.12. The number of hydrogen-bond acceptors (Lipinski definition) is 4. The fourth-order valence-corrected chi connectivity index (χ4v) is 3.54. The Labute approximate surface area is 188 Å². The third kappa shape index (κ3) is 5.66. The van der Waals surface area contributed by atoms with Crippen molar-refractivity contribution < 1.29 is 0 Å². The van der Waals surface area contributed by atoms with Crippen molar-refractivity contribution in [1.82, 2.24) is 30.1 Å². The highest BCUT2D eigenvalue weighted by molar-refractivity contribution is 14.0. The Morgan fingerprint density at radius 1 is 0.966 bits per heavy atom. The molecule has 1 fully saturated rings. The lowest BCUT2D eigenvalue weighted by Gasteiger charge is -2.15. The zero-order valence-electron chi connectivity index (χ0n) is 16.7. The first kappa shape index (κ1) is 21.5. The van der Waals surface area contributed by atoms with Gasteiger partial charge in [-0.2, -0.15) is 0 Å². The number of guanidine groups is 1. The standard InChI is InChI=1S/C21H27N7.HI/c1-22-21(24-15-20-26-25-19-6-2-3-13-28(19)20)23-14-17-7-9-18(10-8-17)16-27-11-4-5-12-27;/h2-3,6-10,13H,4-5,11-12,14-16H2,1H3,(H2,22,23,24);1H. The molecule has 154 valence electrons. The van der Waals surface area contributed by atoms with E-state index in [9.17, 15) is 0 Å². The molecule has 1 aliphatic rings. The van der Waals surface area contributed by atoms with Crippen LogP contribution in [-0.2, 0) is 19.6 Å². The molecule has 3 aromatic rings. The van der Waals surface area contributed by atoms with Crippen LogP contribution in [0.25, 0.3) is 5.65 Å². The average molecular weight is 505 g/mol. The Hall–Kier alpha value is -2.20. The minimum Gasteiger partial charge on any atom is -0.352 e. The molecule has 0 amide bonds. The third-order valence-corrected chi connectivity index (χ3v) is 5.11. The van der Waals surface area contributed by atoms with Crippen molar-refractivity contribution in [3.8, 4) is 0 Å². The van der Waals surface area contributed by atoms with Gasteiger partial charge in [0.25, 0.3) is 0 Å². The van der Waals surface area contributed by atoms with Crippen LogP contribution in [0.1, 0.15) is 29.8 Å². The van der Waals surface area contributed by atoms with E-state index in [1.54, 1.807) is 7.05 Å². The molecule has 3 heterocycles. The fourth-order valence-electron chi connectivity index (χ4n) is 3.54. The van der Waals surface area contributed by atoms with Gasteiger partial charge in [0.15, 0.2) is 17.4 Å². The minimum absolute atomic E-state index is 0. The number of nitrogens with zero attached hydrogens (tertiary/aromatic N) is 5. The highest BCUT2D eigenvalue weighted by Crippen LogP contribution is 2.13. The summed E-state index contributed by atoms with van der Waals surface area (Å²) in [5, 5.41) is 15.1. The van der Waals surface area contributed by atoms with Crippen LogP contribution >= 0.6 is 24.0 Å². The van der Waals surface area contributed by atoms with Gasteiger partial charge in [-0.05, 0) is 49.2 Å². The first-order chi connectivity index (χ1) is 13.8. The molecule has 4 rings (SSSR count). The number of aromatic nitrogens is 3. The number of hydrogen-bond donors (Lipinski definition) is 2. The summed E-state index contributed by atoms with van der Waals surface area (Å²) in [5.41, 5.74) is 3.46. The van der Waals surface area contributed by atoms with E-state index in [1.165, 1.54) is 37.1 Å². The van der Waals surface area contributed by atoms with E-state index in [4.69, 9.17) is 0 Å². The molecule has 2 N–H and O–H groups in total. The molecular formula is C21H28IN7. The van der Waals surface area contributed by atoms with Crippen LogP contribution in [0.4, 0.5) is 0 Å². The Bertz CT molecular complexity index is 930. The topological polar surface area (TPSA) is 69.8 Å². The quantitative estimate of drug-likeness (QED) is 0.307. The molecule has 0 saturated carbocycles. The van der Waals surface area contributed by atoms with E-state index in [0.29, 0.717) is 6.54 Å². The van der Waals surface area contributed by atoms with Gasteiger partial charge in [-0.1, -0.05) is 30.3 Å². The maximum Gasteiger partial charge on any atom is 0.191 e. The van der Waals surface area contributed by atoms with E-state index in [0.717, 1.165) is 30.5 Å². The Balaban J connectivity index is 0.00000240. The summed E-state index contributed by atoms with van der Waals surface area (Å²) >= 11 is 0. The summed E-state index contributed by atoms with van der Waals surface area (Å²) in [7, 11) is 1.77. The molecule has 0 spiro atoms. The minimum atomic E-state index is 0. The lowest BCUT2D eigenvalue weighted by atomic mass is 10.1. The lowest BCUT2D eigenvalue weighted by Crippen LogP contribution is -2.36. The summed E-state index contributed by atoms with van der Waals surface area (Å²) in [5.74, 6) is 1.60. The van der Waals surface area contributed by atoms with Crippen LogP contribution in [0.15, 0.2) is 53.7 Å². The number of aliphatic imine (C=N–C) groups is 1. The molecule has 0 atom stereocenters. The fraction of sp³-hybridized carbons (Fsp3) is 0.381. The number of fused-ring (bicyclic) bond motifs is 1. The first-order valence-corrected chi connectivity index (χ1v) is 9.85. The van der Waals surface area contributed by atoms with E-state index >= 15 is 0 Å². The Morgan fingerprint density at radius 3 is 2.45 bits per heavy atom. The molecular weight excluding hydrogens is 477 g/mol. The summed E-state index contributed by atoms with van der Waals surface area (Å²) < 4.78 is 1.97. The second kappa shape index (κ2) is 10.5. The van der Waals surface area contributed by atoms with Gasteiger partial charge in [0.05, 0.1) is 6.54 Å². The van der Waals surface area contributed by atoms with Crippen LogP contribution in [0, 0.1) is 0 Å². The van der Waals surface area contributed by atoms with Gasteiger partial charge in [-0.15, -0.1) is 34.2 Å². The van der Waals surface area contributed by atoms with Crippen LogP contribution in [0.3, 0.4) is 0 Å². The average Bonchev–Trinajstić information content (AvgIpc) is 3.39. The van der Waals surface area contributed by atoms with Crippen molar-refractivity contribution >= 4 is 35.6 Å².